The van der Waals surface area contributed by atoms with Gasteiger partial charge in [0, 0.05) is 41.7 Å². The highest BCUT2D eigenvalue weighted by atomic mass is 28.3. The molecule has 0 radical (unpaired) electrons. The first-order valence-electron chi connectivity index (χ1n) is 20.6. The molecule has 2 heterocycles. The van der Waals surface area contributed by atoms with Crippen molar-refractivity contribution >= 4 is 30.3 Å². The summed E-state index contributed by atoms with van der Waals surface area (Å²) in [5, 5.41) is 5.47. The maximum absolute atomic E-state index is 4.95. The summed E-state index contributed by atoms with van der Waals surface area (Å²) in [6, 6.07) is 38.2. The number of anilines is 3. The Labute approximate surface area is 339 Å². The number of aromatic nitrogens is 1. The lowest BCUT2D eigenvalue weighted by Crippen LogP contribution is -2.53. The molecule has 4 aromatic carbocycles. The zero-order chi connectivity index (χ0) is 40.3. The number of nitrogens with one attached hydrogen (secondary N) is 1. The molecule has 2 atom stereocenters. The number of nitrogens with zero attached hydrogens (tertiary/aromatic N) is 2. The van der Waals surface area contributed by atoms with Crippen molar-refractivity contribution < 1.29 is 4.57 Å². The van der Waals surface area contributed by atoms with Crippen LogP contribution in [0.15, 0.2) is 145 Å². The van der Waals surface area contributed by atoms with Gasteiger partial charge in [-0.25, -0.2) is 0 Å². The molecule has 56 heavy (non-hydrogen) atoms. The highest BCUT2D eigenvalue weighted by Crippen LogP contribution is 2.45. The second-order valence-corrected chi connectivity index (χ2v) is 23.0. The monoisotopic (exact) mass is 758 g/mol. The van der Waals surface area contributed by atoms with Crippen LogP contribution >= 0.6 is 0 Å². The maximum atomic E-state index is 4.95. The molecule has 1 N–H and O–H groups in total. The molecule has 0 spiro atoms. The van der Waals surface area contributed by atoms with Crippen molar-refractivity contribution in [3.8, 4) is 22.4 Å². The van der Waals surface area contributed by atoms with Crippen LogP contribution in [0.5, 0.6) is 0 Å². The number of pyridine rings is 1. The maximum Gasteiger partial charge on any atom is 0.213 e. The molecule has 0 saturated heterocycles. The van der Waals surface area contributed by atoms with Crippen LogP contribution in [-0.4, -0.2) is 21.7 Å². The van der Waals surface area contributed by atoms with Gasteiger partial charge in [0.05, 0.1) is 25.4 Å². The molecule has 2 unspecified atom stereocenters. The average molecular weight is 759 g/mol. The van der Waals surface area contributed by atoms with E-state index in [4.69, 9.17) is 6.58 Å². The van der Waals surface area contributed by atoms with E-state index < -0.39 is 8.07 Å². The number of fused-ring (bicyclic) bond motifs is 3. The summed E-state index contributed by atoms with van der Waals surface area (Å²) >= 11 is 0. The molecule has 3 nitrogen and oxygen atoms in total. The van der Waals surface area contributed by atoms with Crippen LogP contribution in [0, 0.1) is 0 Å². The second-order valence-electron chi connectivity index (χ2n) is 17.9. The van der Waals surface area contributed by atoms with Crippen molar-refractivity contribution in [2.45, 2.75) is 97.8 Å². The quantitative estimate of drug-likeness (QED) is 0.0526. The Morgan fingerprint density at radius 3 is 2.07 bits per heavy atom. The van der Waals surface area contributed by atoms with Crippen molar-refractivity contribution in [1.82, 2.24) is 0 Å². The van der Waals surface area contributed by atoms with E-state index in [1.807, 2.05) is 0 Å². The Kier molecular flexibility index (Phi) is 12.4. The average Bonchev–Trinajstić information content (AvgIpc) is 3.16. The number of hydrogen-bond acceptors (Lipinski definition) is 2. The number of likely N-dealkylation sites (N-methyl/N-ethyl adjacent to an activating group) is 1. The second kappa shape index (κ2) is 17.1. The van der Waals surface area contributed by atoms with Crippen molar-refractivity contribution in [3.63, 3.8) is 0 Å². The smallest absolute Gasteiger partial charge is 0.213 e. The third kappa shape index (κ3) is 8.87. The summed E-state index contributed by atoms with van der Waals surface area (Å²) in [7, 11) is 0.631. The number of allylic oxidation sites excluding steroid dienone is 3. The summed E-state index contributed by atoms with van der Waals surface area (Å²) in [6.07, 6.45) is 6.66. The van der Waals surface area contributed by atoms with Crippen LogP contribution in [0.1, 0.15) is 94.9 Å². The van der Waals surface area contributed by atoms with Crippen molar-refractivity contribution in [3.05, 3.63) is 162 Å². The lowest BCUT2D eigenvalue weighted by atomic mass is 9.77. The van der Waals surface area contributed by atoms with Crippen LogP contribution in [0.3, 0.4) is 0 Å². The number of benzene rings is 4. The van der Waals surface area contributed by atoms with Gasteiger partial charge in [0.2, 0.25) is 5.69 Å². The third-order valence-corrected chi connectivity index (χ3v) is 13.4. The lowest BCUT2D eigenvalue weighted by Gasteiger charge is -2.34. The molecule has 0 saturated carbocycles. The molecule has 290 valence electrons. The van der Waals surface area contributed by atoms with Crippen LogP contribution < -0.4 is 20.0 Å². The van der Waals surface area contributed by atoms with Crippen LogP contribution in [0.25, 0.3) is 22.4 Å². The van der Waals surface area contributed by atoms with Gasteiger partial charge in [-0.05, 0) is 96.7 Å². The Morgan fingerprint density at radius 1 is 0.804 bits per heavy atom. The summed E-state index contributed by atoms with van der Waals surface area (Å²) in [6.45, 7) is 31.0. The Balaban J connectivity index is 1.39. The molecule has 5 aromatic rings. The van der Waals surface area contributed by atoms with E-state index in [1.54, 1.807) is 0 Å². The topological polar surface area (TPSA) is 19.1 Å². The summed E-state index contributed by atoms with van der Waals surface area (Å²) < 4.78 is 2.59. The fourth-order valence-electron chi connectivity index (χ4n) is 8.52. The summed E-state index contributed by atoms with van der Waals surface area (Å²) in [4.78, 5) is 2.40. The Bertz CT molecular complexity index is 2200. The van der Waals surface area contributed by atoms with Crippen LogP contribution in [0.2, 0.25) is 19.6 Å². The van der Waals surface area contributed by atoms with E-state index in [9.17, 15) is 0 Å². The molecular formula is C52H64N3Si+. The van der Waals surface area contributed by atoms with Gasteiger partial charge in [0.1, 0.15) is 0 Å². The van der Waals surface area contributed by atoms with Crippen molar-refractivity contribution in [2.75, 3.05) is 23.8 Å². The van der Waals surface area contributed by atoms with E-state index in [0.29, 0.717) is 11.8 Å². The fraction of sp³-hybridized carbons (Fsp3) is 0.327. The number of rotatable bonds is 14. The third-order valence-electron chi connectivity index (χ3n) is 11.4. The minimum Gasteiger partial charge on any atom is -0.369 e. The number of hydrogen-bond donors (Lipinski definition) is 1. The SMILES string of the molecule is C=C(C=C(C)C)CCC1c2ccccc2-c2ccc([Si](C)(C)C)c[n+]2C1C(=C)CN(C)c1ccccc1Nc1c(C(C)C)cc(-c2ccccc2)cc1C(C)C. The molecule has 4 heteroatoms. The van der Waals surface area contributed by atoms with E-state index in [0.717, 1.165) is 30.8 Å². The molecule has 1 aromatic heterocycles. The highest BCUT2D eigenvalue weighted by molar-refractivity contribution is 6.88. The van der Waals surface area contributed by atoms with Gasteiger partial charge in [0.15, 0.2) is 12.2 Å². The molecule has 0 aliphatic carbocycles. The molecule has 0 amide bonds. The first-order valence-corrected chi connectivity index (χ1v) is 24.1. The van der Waals surface area contributed by atoms with Crippen LogP contribution in [-0.2, 0) is 0 Å². The zero-order valence-corrected chi connectivity index (χ0v) is 36.7. The van der Waals surface area contributed by atoms with Gasteiger partial charge in [-0.1, -0.05) is 144 Å². The fourth-order valence-corrected chi connectivity index (χ4v) is 9.63. The minimum absolute atomic E-state index is 0.101. The number of para-hydroxylation sites is 2. The first kappa shape index (κ1) is 40.7. The highest BCUT2D eigenvalue weighted by Gasteiger charge is 2.42. The summed E-state index contributed by atoms with van der Waals surface area (Å²) in [5.41, 5.74) is 16.4. The molecule has 1 aliphatic rings. The van der Waals surface area contributed by atoms with Gasteiger partial charge in [-0.15, -0.1) is 0 Å². The molecule has 0 fully saturated rings. The van der Waals surface area contributed by atoms with Crippen LogP contribution in [0.4, 0.5) is 17.1 Å². The van der Waals surface area contributed by atoms with Gasteiger partial charge in [-0.3, -0.25) is 0 Å². The standard InChI is InChI=1S/C52H64N3Si/c1-35(2)30-38(7)26-28-45-43-22-16-17-23-44(43)49-29-27-42(56(10,11)12)34-55(49)52(45)39(8)33-54(9)50-25-19-18-24-48(50)53-51-46(36(3)4)31-41(32-47(51)37(5)6)40-20-14-13-15-21-40/h13-25,27,29-32,34,36-37,45,52-53H,7-8,26,28,33H2,1-6,9-12H3/q+1. The Hall–Kier alpha value is -4.93. The van der Waals surface area contributed by atoms with Gasteiger partial charge < -0.3 is 10.2 Å². The van der Waals surface area contributed by atoms with E-state index in [2.05, 4.69) is 205 Å². The van der Waals surface area contributed by atoms with Gasteiger partial charge >= 0.3 is 0 Å². The minimum atomic E-state index is -1.59. The molecule has 6 rings (SSSR count). The predicted molar refractivity (Wildman–Crippen MR) is 247 cm³/mol. The van der Waals surface area contributed by atoms with E-state index in [-0.39, 0.29) is 12.0 Å². The van der Waals surface area contributed by atoms with E-state index >= 15 is 0 Å². The predicted octanol–water partition coefficient (Wildman–Crippen LogP) is 13.5. The normalized spacial score (nSPS) is 14.9. The van der Waals surface area contributed by atoms with Crippen molar-refractivity contribution in [1.29, 1.82) is 0 Å². The first-order chi connectivity index (χ1) is 26.6. The molecule has 0 bridgehead atoms. The van der Waals surface area contributed by atoms with E-state index in [1.165, 1.54) is 66.7 Å². The molecular weight excluding hydrogens is 695 g/mol. The summed E-state index contributed by atoms with van der Waals surface area (Å²) in [5.74, 6) is 0.961. The molecule has 1 aliphatic heterocycles. The van der Waals surface area contributed by atoms with Gasteiger partial charge in [0.25, 0.3) is 0 Å². The Morgan fingerprint density at radius 2 is 1.43 bits per heavy atom. The largest absolute Gasteiger partial charge is 0.369 e. The zero-order valence-electron chi connectivity index (χ0n) is 35.7. The lowest BCUT2D eigenvalue weighted by molar-refractivity contribution is -0.708. The van der Waals surface area contributed by atoms with Gasteiger partial charge in [-0.2, -0.15) is 4.57 Å². The van der Waals surface area contributed by atoms with Crippen molar-refractivity contribution in [2.24, 2.45) is 0 Å².